The van der Waals surface area contributed by atoms with Crippen molar-refractivity contribution >= 4 is 17.5 Å². The molecule has 3 fully saturated rings. The fourth-order valence-corrected chi connectivity index (χ4v) is 10.6. The molecule has 0 aliphatic heterocycles. The van der Waals surface area contributed by atoms with Crippen LogP contribution in [0.2, 0.25) is 0 Å². The van der Waals surface area contributed by atoms with Crippen molar-refractivity contribution in [2.24, 2.45) is 38.9 Å². The molecule has 6 rings (SSSR count). The van der Waals surface area contributed by atoms with Gasteiger partial charge in [-0.3, -0.25) is 14.4 Å². The number of nitrogens with zero attached hydrogens (tertiary/aromatic N) is 3. The Balaban J connectivity index is 1.45. The Morgan fingerprint density at radius 3 is 2.37 bits per heavy atom. The highest BCUT2D eigenvalue weighted by molar-refractivity contribution is 6.05. The maximum Gasteiger partial charge on any atom is 0.272 e. The van der Waals surface area contributed by atoms with Crippen LogP contribution in [0.4, 0.5) is 0 Å². The van der Waals surface area contributed by atoms with Gasteiger partial charge in [0.1, 0.15) is 11.7 Å². The highest BCUT2D eigenvalue weighted by Gasteiger charge is 2.75. The van der Waals surface area contributed by atoms with E-state index in [4.69, 9.17) is 0 Å². The summed E-state index contributed by atoms with van der Waals surface area (Å²) in [7, 11) is 0. The van der Waals surface area contributed by atoms with Crippen LogP contribution >= 0.6 is 0 Å². The molecule has 5 aliphatic carbocycles. The standard InChI is InChI=1S/C35H44N4O4/c1-29(2)23-10-11-33(6)24(32(23,5)18-21(20-36)27(29)41)17-26(40)35(43)25-19-31(4,38-28(42)22-9-8-16-37-39-22)14-12-30(25,3)13-15-34(33,35)7/h8-9,16-18,23,25,43H,10-15,19H2,1-7H3,(H,38,42)/t23-,25+,30+,31-,32-,33+,34-,35+/m0/s1. The SMILES string of the molecule is CC1(C)C(=O)C(C#N)=C[C@]2(C)C3=CC(=O)[C@]4(O)[C@@H]5C[C@@](C)(NC(=O)c6cccnn6)CC[C@]5(C)CC[C@@]4(C)[C@]3(C)CC[C@@H]12. The van der Waals surface area contributed by atoms with E-state index in [-0.39, 0.29) is 46.0 Å². The van der Waals surface area contributed by atoms with Crippen LogP contribution in [0.1, 0.15) is 104 Å². The number of nitrogens with one attached hydrogen (secondary N) is 1. The second-order valence-electron chi connectivity index (χ2n) is 16.0. The van der Waals surface area contributed by atoms with Crippen molar-refractivity contribution in [1.29, 1.82) is 5.26 Å². The third-order valence-corrected chi connectivity index (χ3v) is 13.5. The molecule has 0 aromatic carbocycles. The zero-order valence-electron chi connectivity index (χ0n) is 26.5. The van der Waals surface area contributed by atoms with Gasteiger partial charge >= 0.3 is 0 Å². The zero-order valence-corrected chi connectivity index (χ0v) is 26.5. The molecule has 0 spiro atoms. The number of aromatic nitrogens is 2. The Bertz CT molecular complexity index is 1540. The van der Waals surface area contributed by atoms with Crippen molar-refractivity contribution in [2.75, 3.05) is 0 Å². The Kier molecular flexibility index (Phi) is 6.21. The average molecular weight is 585 g/mol. The molecule has 0 saturated heterocycles. The predicted octanol–water partition coefficient (Wildman–Crippen LogP) is 5.29. The molecule has 1 aromatic rings. The summed E-state index contributed by atoms with van der Waals surface area (Å²) in [6, 6.07) is 5.45. The smallest absolute Gasteiger partial charge is 0.272 e. The summed E-state index contributed by atoms with van der Waals surface area (Å²) in [5.41, 5.74) is -3.93. The van der Waals surface area contributed by atoms with Crippen LogP contribution in [0, 0.1) is 50.2 Å². The van der Waals surface area contributed by atoms with Crippen molar-refractivity contribution in [3.63, 3.8) is 0 Å². The van der Waals surface area contributed by atoms with Gasteiger partial charge in [0.05, 0.1) is 5.57 Å². The van der Waals surface area contributed by atoms with E-state index in [0.717, 1.165) is 37.7 Å². The van der Waals surface area contributed by atoms with Crippen molar-refractivity contribution in [3.8, 4) is 6.07 Å². The first-order valence-corrected chi connectivity index (χ1v) is 15.7. The molecular weight excluding hydrogens is 540 g/mol. The Morgan fingerprint density at radius 1 is 1.02 bits per heavy atom. The number of amides is 1. The number of allylic oxidation sites excluding steroid dienone is 3. The third-order valence-electron chi connectivity index (χ3n) is 13.5. The Labute approximate surface area is 254 Å². The number of hydrogen-bond donors (Lipinski definition) is 2. The van der Waals surface area contributed by atoms with Gasteiger partial charge in [0, 0.05) is 33.9 Å². The zero-order chi connectivity index (χ0) is 31.4. The number of carbonyl (C=O) groups excluding carboxylic acids is 3. The molecule has 1 amide bonds. The predicted molar refractivity (Wildman–Crippen MR) is 160 cm³/mol. The first-order valence-electron chi connectivity index (χ1n) is 15.7. The number of rotatable bonds is 2. The molecule has 0 bridgehead atoms. The molecule has 228 valence electrons. The normalized spacial score (nSPS) is 44.8. The van der Waals surface area contributed by atoms with E-state index in [9.17, 15) is 24.8 Å². The average Bonchev–Trinajstić information content (AvgIpc) is 2.96. The quantitative estimate of drug-likeness (QED) is 0.482. The van der Waals surface area contributed by atoms with Gasteiger partial charge in [-0.05, 0) is 92.4 Å². The van der Waals surface area contributed by atoms with Gasteiger partial charge in [-0.1, -0.05) is 47.6 Å². The summed E-state index contributed by atoms with van der Waals surface area (Å²) in [6.07, 6.45) is 10.1. The minimum absolute atomic E-state index is 0.0605. The molecule has 0 radical (unpaired) electrons. The van der Waals surface area contributed by atoms with E-state index in [2.05, 4.69) is 49.3 Å². The van der Waals surface area contributed by atoms with Gasteiger partial charge in [0.2, 0.25) is 0 Å². The summed E-state index contributed by atoms with van der Waals surface area (Å²) in [6.45, 7) is 14.4. The molecule has 8 heteroatoms. The Morgan fingerprint density at radius 2 is 1.72 bits per heavy atom. The summed E-state index contributed by atoms with van der Waals surface area (Å²) >= 11 is 0. The summed E-state index contributed by atoms with van der Waals surface area (Å²) in [4.78, 5) is 41.1. The first-order chi connectivity index (χ1) is 19.9. The highest BCUT2D eigenvalue weighted by atomic mass is 16.3. The number of fused-ring (bicyclic) bond motifs is 7. The maximum absolute atomic E-state index is 14.6. The van der Waals surface area contributed by atoms with Gasteiger partial charge in [-0.25, -0.2) is 0 Å². The van der Waals surface area contributed by atoms with Crippen LogP contribution < -0.4 is 5.32 Å². The van der Waals surface area contributed by atoms with E-state index >= 15 is 0 Å². The largest absolute Gasteiger partial charge is 0.381 e. The fraction of sp³-hybridized carbons (Fsp3) is 0.657. The Hall–Kier alpha value is -3.18. The number of ketones is 2. The van der Waals surface area contributed by atoms with Gasteiger partial charge in [0.15, 0.2) is 17.3 Å². The van der Waals surface area contributed by atoms with Gasteiger partial charge in [-0.2, -0.15) is 10.4 Å². The van der Waals surface area contributed by atoms with Crippen LogP contribution in [0.5, 0.6) is 0 Å². The minimum Gasteiger partial charge on any atom is -0.381 e. The molecule has 8 nitrogen and oxygen atoms in total. The molecule has 43 heavy (non-hydrogen) atoms. The fourth-order valence-electron chi connectivity index (χ4n) is 10.6. The van der Waals surface area contributed by atoms with Crippen molar-refractivity contribution in [2.45, 2.75) is 105 Å². The minimum atomic E-state index is -1.64. The first kappa shape index (κ1) is 29.9. The van der Waals surface area contributed by atoms with Gasteiger partial charge < -0.3 is 10.4 Å². The van der Waals surface area contributed by atoms with Gasteiger partial charge in [0.25, 0.3) is 5.91 Å². The van der Waals surface area contributed by atoms with E-state index in [1.807, 2.05) is 26.8 Å². The van der Waals surface area contributed by atoms with Crippen LogP contribution in [-0.4, -0.2) is 43.9 Å². The van der Waals surface area contributed by atoms with Crippen LogP contribution in [0.25, 0.3) is 0 Å². The molecule has 1 heterocycles. The molecular formula is C35H44N4O4. The number of Topliss-reactive ketones (excluding diaryl/α,β-unsaturated/α-hetero) is 1. The van der Waals surface area contributed by atoms with Crippen molar-refractivity contribution in [3.05, 3.63) is 47.3 Å². The summed E-state index contributed by atoms with van der Waals surface area (Å²) < 4.78 is 0. The lowest BCUT2D eigenvalue weighted by molar-refractivity contribution is -0.240. The third kappa shape index (κ3) is 3.67. The highest BCUT2D eigenvalue weighted by Crippen LogP contribution is 2.75. The number of carbonyl (C=O) groups is 3. The molecule has 3 saturated carbocycles. The van der Waals surface area contributed by atoms with Crippen LogP contribution in [0.15, 0.2) is 41.6 Å². The van der Waals surface area contributed by atoms with E-state index in [0.29, 0.717) is 12.8 Å². The van der Waals surface area contributed by atoms with Crippen molar-refractivity contribution < 1.29 is 19.5 Å². The second kappa shape index (κ2) is 8.94. The summed E-state index contributed by atoms with van der Waals surface area (Å²) in [5.74, 6) is -1.16. The summed E-state index contributed by atoms with van der Waals surface area (Å²) in [5, 5.41) is 34.0. The lowest BCUT2D eigenvalue weighted by Crippen LogP contribution is -2.74. The molecule has 1 aromatic heterocycles. The van der Waals surface area contributed by atoms with Crippen molar-refractivity contribution in [1.82, 2.24) is 15.5 Å². The maximum atomic E-state index is 14.6. The lowest BCUT2D eigenvalue weighted by atomic mass is 9.33. The molecule has 2 N–H and O–H groups in total. The number of nitriles is 1. The van der Waals surface area contributed by atoms with E-state index in [1.165, 1.54) is 6.20 Å². The van der Waals surface area contributed by atoms with Crippen LogP contribution in [0.3, 0.4) is 0 Å². The second-order valence-corrected chi connectivity index (χ2v) is 16.0. The number of hydrogen-bond acceptors (Lipinski definition) is 7. The van der Waals surface area contributed by atoms with E-state index < -0.39 is 32.8 Å². The molecule has 8 atom stereocenters. The molecule has 0 unspecified atom stereocenters. The van der Waals surface area contributed by atoms with E-state index in [1.54, 1.807) is 18.2 Å². The molecule has 5 aliphatic rings. The topological polar surface area (TPSA) is 133 Å². The monoisotopic (exact) mass is 584 g/mol. The number of aliphatic hydroxyl groups is 1. The van der Waals surface area contributed by atoms with Crippen LogP contribution in [-0.2, 0) is 9.59 Å². The van der Waals surface area contributed by atoms with Gasteiger partial charge in [-0.15, -0.1) is 5.10 Å². The lowest BCUT2D eigenvalue weighted by Gasteiger charge is -2.71.